The molecular weight excluding hydrogens is 260 g/mol. The quantitative estimate of drug-likeness (QED) is 0.863. The van der Waals surface area contributed by atoms with Gasteiger partial charge in [-0.05, 0) is 17.0 Å². The Bertz CT molecular complexity index is 672. The highest BCUT2D eigenvalue weighted by atomic mass is 32.2. The van der Waals surface area contributed by atoms with E-state index in [9.17, 15) is 8.42 Å². The van der Waals surface area contributed by atoms with Crippen LogP contribution in [-0.4, -0.2) is 18.2 Å². The van der Waals surface area contributed by atoms with E-state index in [-0.39, 0.29) is 10.6 Å². The minimum absolute atomic E-state index is 0.0131. The van der Waals surface area contributed by atoms with Gasteiger partial charge in [-0.15, -0.1) is 0 Å². The fourth-order valence-electron chi connectivity index (χ4n) is 1.90. The second-order valence-corrected chi connectivity index (χ2v) is 7.00. The van der Waals surface area contributed by atoms with Crippen LogP contribution in [0, 0.1) is 0 Å². The summed E-state index contributed by atoms with van der Waals surface area (Å²) in [7, 11) is -1.61. The summed E-state index contributed by atoms with van der Waals surface area (Å²) in [6.07, 6.45) is 2.92. The van der Waals surface area contributed by atoms with Gasteiger partial charge in [0, 0.05) is 13.2 Å². The van der Waals surface area contributed by atoms with Gasteiger partial charge >= 0.3 is 0 Å². The van der Waals surface area contributed by atoms with Crippen molar-refractivity contribution in [2.45, 2.75) is 30.4 Å². The molecule has 0 fully saturated rings. The van der Waals surface area contributed by atoms with E-state index >= 15 is 0 Å². The predicted octanol–water partition coefficient (Wildman–Crippen LogP) is 2.52. The molecule has 2 rings (SSSR count). The first-order valence-corrected chi connectivity index (χ1v) is 7.84. The number of nitrogens with zero attached hydrogens (tertiary/aromatic N) is 2. The summed E-state index contributed by atoms with van der Waals surface area (Å²) in [5, 5.41) is 3.91. The van der Waals surface area contributed by atoms with Crippen molar-refractivity contribution in [1.29, 1.82) is 0 Å². The number of sulfone groups is 1. The maximum absolute atomic E-state index is 12.2. The second kappa shape index (κ2) is 5.17. The molecule has 0 aliphatic heterocycles. The zero-order chi connectivity index (χ0) is 14.0. The van der Waals surface area contributed by atoms with Crippen molar-refractivity contribution in [3.63, 3.8) is 0 Å². The van der Waals surface area contributed by atoms with Gasteiger partial charge in [0.05, 0.1) is 11.9 Å². The fourth-order valence-corrected chi connectivity index (χ4v) is 3.21. The molecule has 2 aromatic rings. The molecule has 0 saturated heterocycles. The lowest BCUT2D eigenvalue weighted by Crippen LogP contribution is -2.04. The molecule has 0 bridgehead atoms. The molecule has 1 aromatic carbocycles. The number of benzene rings is 1. The monoisotopic (exact) mass is 278 g/mol. The Kier molecular flexibility index (Phi) is 3.75. The molecule has 1 heterocycles. The van der Waals surface area contributed by atoms with Crippen LogP contribution in [0.5, 0.6) is 0 Å². The van der Waals surface area contributed by atoms with Gasteiger partial charge in [0.2, 0.25) is 0 Å². The van der Waals surface area contributed by atoms with E-state index in [1.165, 1.54) is 17.1 Å². The minimum atomic E-state index is -3.32. The third-order valence-electron chi connectivity index (χ3n) is 3.01. The topological polar surface area (TPSA) is 52.0 Å². The zero-order valence-electron chi connectivity index (χ0n) is 11.4. The van der Waals surface area contributed by atoms with Gasteiger partial charge in [-0.25, -0.2) is 8.42 Å². The molecular formula is C14H18N2O2S. The number of hydrogen-bond donors (Lipinski definition) is 0. The van der Waals surface area contributed by atoms with E-state index in [0.717, 1.165) is 11.1 Å². The predicted molar refractivity (Wildman–Crippen MR) is 74.6 cm³/mol. The molecule has 0 aliphatic carbocycles. The molecule has 1 aromatic heterocycles. The third kappa shape index (κ3) is 3.23. The van der Waals surface area contributed by atoms with Gasteiger partial charge < -0.3 is 0 Å². The van der Waals surface area contributed by atoms with Crippen LogP contribution in [0.1, 0.15) is 30.9 Å². The van der Waals surface area contributed by atoms with Gasteiger partial charge in [0.25, 0.3) is 0 Å². The lowest BCUT2D eigenvalue weighted by Gasteiger charge is -2.08. The van der Waals surface area contributed by atoms with E-state index in [1.807, 2.05) is 24.3 Å². The average molecular weight is 278 g/mol. The van der Waals surface area contributed by atoms with E-state index in [1.54, 1.807) is 7.05 Å². The van der Waals surface area contributed by atoms with Crippen molar-refractivity contribution in [3.05, 3.63) is 47.8 Å². The maximum atomic E-state index is 12.2. The molecule has 0 saturated carbocycles. The van der Waals surface area contributed by atoms with Gasteiger partial charge in [-0.2, -0.15) is 5.10 Å². The van der Waals surface area contributed by atoms with E-state index in [2.05, 4.69) is 18.9 Å². The van der Waals surface area contributed by atoms with E-state index in [0.29, 0.717) is 5.92 Å². The molecule has 0 radical (unpaired) electrons. The molecule has 0 amide bonds. The Morgan fingerprint density at radius 2 is 2.05 bits per heavy atom. The molecule has 102 valence electrons. The van der Waals surface area contributed by atoms with Crippen LogP contribution < -0.4 is 0 Å². The average Bonchev–Trinajstić information content (AvgIpc) is 2.76. The van der Waals surface area contributed by atoms with Crippen LogP contribution in [-0.2, 0) is 22.6 Å². The SMILES string of the molecule is CC(C)c1cccc(CS(=O)(=O)c2cnn(C)c2)c1. The van der Waals surface area contributed by atoms with Crippen molar-refractivity contribution in [2.75, 3.05) is 0 Å². The Labute approximate surface area is 114 Å². The molecule has 0 N–H and O–H groups in total. The number of aromatic nitrogens is 2. The van der Waals surface area contributed by atoms with Crippen molar-refractivity contribution in [1.82, 2.24) is 9.78 Å². The first kappa shape index (κ1) is 13.8. The first-order valence-electron chi connectivity index (χ1n) is 6.19. The van der Waals surface area contributed by atoms with Crippen LogP contribution >= 0.6 is 0 Å². The van der Waals surface area contributed by atoms with Crippen molar-refractivity contribution in [3.8, 4) is 0 Å². The number of aryl methyl sites for hydroxylation is 1. The van der Waals surface area contributed by atoms with Crippen LogP contribution in [0.15, 0.2) is 41.6 Å². The third-order valence-corrected chi connectivity index (χ3v) is 4.66. The highest BCUT2D eigenvalue weighted by molar-refractivity contribution is 7.90. The highest BCUT2D eigenvalue weighted by Gasteiger charge is 2.17. The van der Waals surface area contributed by atoms with Crippen molar-refractivity contribution in [2.24, 2.45) is 7.05 Å². The standard InChI is InChI=1S/C14H18N2O2S/c1-11(2)13-6-4-5-12(7-13)10-19(17,18)14-8-15-16(3)9-14/h4-9,11H,10H2,1-3H3. The Hall–Kier alpha value is -1.62. The Morgan fingerprint density at radius 3 is 2.63 bits per heavy atom. The summed E-state index contributed by atoms with van der Waals surface area (Å²) in [5.74, 6) is 0.403. The van der Waals surface area contributed by atoms with E-state index in [4.69, 9.17) is 0 Å². The normalized spacial score (nSPS) is 12.0. The summed E-state index contributed by atoms with van der Waals surface area (Å²) < 4.78 is 26.0. The second-order valence-electron chi connectivity index (χ2n) is 5.01. The maximum Gasteiger partial charge on any atom is 0.185 e. The lowest BCUT2D eigenvalue weighted by atomic mass is 10.0. The van der Waals surface area contributed by atoms with E-state index < -0.39 is 9.84 Å². The number of rotatable bonds is 4. The minimum Gasteiger partial charge on any atom is -0.274 e. The molecule has 0 atom stereocenters. The molecule has 0 unspecified atom stereocenters. The molecule has 5 heteroatoms. The van der Waals surface area contributed by atoms with Gasteiger partial charge in [0.1, 0.15) is 4.90 Å². The highest BCUT2D eigenvalue weighted by Crippen LogP contribution is 2.20. The zero-order valence-corrected chi connectivity index (χ0v) is 12.2. The fraction of sp³-hybridized carbons (Fsp3) is 0.357. The van der Waals surface area contributed by atoms with Gasteiger partial charge in [-0.3, -0.25) is 4.68 Å². The molecule has 4 nitrogen and oxygen atoms in total. The Morgan fingerprint density at radius 1 is 1.32 bits per heavy atom. The summed E-state index contributed by atoms with van der Waals surface area (Å²) in [5.41, 5.74) is 1.97. The largest absolute Gasteiger partial charge is 0.274 e. The molecule has 0 spiro atoms. The summed E-state index contributed by atoms with van der Waals surface area (Å²) >= 11 is 0. The summed E-state index contributed by atoms with van der Waals surface area (Å²) in [6.45, 7) is 4.18. The molecule has 19 heavy (non-hydrogen) atoms. The smallest absolute Gasteiger partial charge is 0.185 e. The summed E-state index contributed by atoms with van der Waals surface area (Å²) in [4.78, 5) is 0.268. The number of hydrogen-bond acceptors (Lipinski definition) is 3. The van der Waals surface area contributed by atoms with Crippen LogP contribution in [0.4, 0.5) is 0 Å². The van der Waals surface area contributed by atoms with Gasteiger partial charge in [0.15, 0.2) is 9.84 Å². The van der Waals surface area contributed by atoms with Crippen LogP contribution in [0.2, 0.25) is 0 Å². The lowest BCUT2D eigenvalue weighted by molar-refractivity contribution is 0.595. The summed E-state index contributed by atoms with van der Waals surface area (Å²) in [6, 6.07) is 7.73. The van der Waals surface area contributed by atoms with Crippen molar-refractivity contribution < 1.29 is 8.42 Å². The first-order chi connectivity index (χ1) is 8.88. The van der Waals surface area contributed by atoms with Crippen LogP contribution in [0.3, 0.4) is 0 Å². The Balaban J connectivity index is 2.28. The van der Waals surface area contributed by atoms with Crippen LogP contribution in [0.25, 0.3) is 0 Å². The van der Waals surface area contributed by atoms with Gasteiger partial charge in [-0.1, -0.05) is 38.1 Å². The van der Waals surface area contributed by atoms with Crippen molar-refractivity contribution >= 4 is 9.84 Å². The molecule has 0 aliphatic rings.